The van der Waals surface area contributed by atoms with Crippen molar-refractivity contribution in [2.24, 2.45) is 0 Å². The van der Waals surface area contributed by atoms with E-state index in [1.807, 2.05) is 0 Å². The van der Waals surface area contributed by atoms with Crippen molar-refractivity contribution >= 4 is 19.8 Å². The largest absolute Gasteiger partial charge is 0.756 e. The molecular weight excluding hydrogens is 928 g/mol. The fourth-order valence-corrected chi connectivity index (χ4v) is 6.07. The van der Waals surface area contributed by atoms with Crippen LogP contribution in [0.1, 0.15) is 116 Å². The van der Waals surface area contributed by atoms with Crippen LogP contribution >= 0.6 is 7.82 Å². The minimum absolute atomic E-state index is 0.132. The van der Waals surface area contributed by atoms with Crippen LogP contribution in [0.5, 0.6) is 0 Å². The Kier molecular flexibility index (Phi) is 23.7. The predicted molar refractivity (Wildman–Crippen MR) is 188 cm³/mol. The molecule has 0 amide bonds. The maximum atomic E-state index is 14.2. The molecule has 63 heavy (non-hydrogen) atoms. The summed E-state index contributed by atoms with van der Waals surface area (Å²) >= 11 is 0. The lowest BCUT2D eigenvalue weighted by atomic mass is 9.88. The minimum atomic E-state index is -8.72. The van der Waals surface area contributed by atoms with Gasteiger partial charge >= 0.3 is 59.6 Å². The Morgan fingerprint density at radius 1 is 0.540 bits per heavy atom. The monoisotopic (exact) mass is 983 g/mol. The van der Waals surface area contributed by atoms with E-state index in [-0.39, 0.29) is 19.6 Å². The molecule has 9 nitrogen and oxygen atoms in total. The maximum absolute atomic E-state index is 14.2. The first-order chi connectivity index (χ1) is 28.4. The van der Waals surface area contributed by atoms with Crippen molar-refractivity contribution in [3.05, 3.63) is 0 Å². The Morgan fingerprint density at radius 2 is 0.937 bits per heavy atom. The molecule has 0 heterocycles. The number of likely N-dealkylation sites (N-methyl/N-ethyl adjacent to an activating group) is 1. The van der Waals surface area contributed by atoms with Crippen molar-refractivity contribution in [3.8, 4) is 0 Å². The standard InChI is InChI=1S/C36H55F17NO8P/c1-5-6-7-8-9-10-11-12-13-14-16-20-28(56)62-26(25-61-63(57,58)60-23-22-54(2,3)4)24-59-27(55)19-17-15-18-21-29(37,38)30(39,40)31(41,42)32(43,44)33(45,46)34(47,48)35(49,50)36(51,52)53/h26H,5-25H2,1-4H3/t26-/m1/s1. The van der Waals surface area contributed by atoms with Gasteiger partial charge in [-0.2, -0.15) is 74.6 Å². The maximum Gasteiger partial charge on any atom is 0.460 e. The molecule has 2 atom stereocenters. The molecule has 0 saturated heterocycles. The lowest BCUT2D eigenvalue weighted by Crippen LogP contribution is -2.74. The topological polar surface area (TPSA) is 111 Å². The van der Waals surface area contributed by atoms with Gasteiger partial charge in [-0.1, -0.05) is 77.6 Å². The highest BCUT2D eigenvalue weighted by atomic mass is 31.2. The molecule has 27 heteroatoms. The fraction of sp³-hybridized carbons (Fsp3) is 0.944. The second-order valence-corrected chi connectivity index (χ2v) is 17.3. The summed E-state index contributed by atoms with van der Waals surface area (Å²) in [4.78, 5) is 37.0. The molecular formula is C36H55F17NO8P. The fourth-order valence-electron chi connectivity index (χ4n) is 5.34. The Morgan fingerprint density at radius 3 is 1.38 bits per heavy atom. The number of phosphoric acid groups is 1. The third kappa shape index (κ3) is 17.9. The Hall–Kier alpha value is -2.18. The summed E-state index contributed by atoms with van der Waals surface area (Å²) in [6.07, 6.45) is -5.33. The lowest BCUT2D eigenvalue weighted by Gasteiger charge is -2.42. The van der Waals surface area contributed by atoms with Gasteiger partial charge in [0.05, 0.1) is 27.7 Å². The van der Waals surface area contributed by atoms with Crippen molar-refractivity contribution in [1.82, 2.24) is 0 Å². The van der Waals surface area contributed by atoms with E-state index in [0.717, 1.165) is 44.9 Å². The van der Waals surface area contributed by atoms with Crippen LogP contribution in [0.2, 0.25) is 0 Å². The predicted octanol–water partition coefficient (Wildman–Crippen LogP) is 11.3. The van der Waals surface area contributed by atoms with Gasteiger partial charge in [-0.05, 0) is 19.3 Å². The van der Waals surface area contributed by atoms with Gasteiger partial charge in [-0.15, -0.1) is 0 Å². The summed E-state index contributed by atoms with van der Waals surface area (Å²) in [5.41, 5.74) is 0. The van der Waals surface area contributed by atoms with Gasteiger partial charge in [0.15, 0.2) is 6.10 Å². The Balaban J connectivity index is 5.42. The average molecular weight is 984 g/mol. The second-order valence-electron chi connectivity index (χ2n) is 15.9. The number of hydrogen-bond donors (Lipinski definition) is 0. The van der Waals surface area contributed by atoms with Crippen LogP contribution < -0.4 is 4.89 Å². The van der Waals surface area contributed by atoms with E-state index in [9.17, 15) is 93.7 Å². The van der Waals surface area contributed by atoms with Crippen LogP contribution in [0.25, 0.3) is 0 Å². The molecule has 0 aromatic rings. The summed E-state index contributed by atoms with van der Waals surface area (Å²) in [5, 5.41) is 0. The third-order valence-electron chi connectivity index (χ3n) is 9.30. The van der Waals surface area contributed by atoms with Crippen molar-refractivity contribution < 1.29 is 117 Å². The number of carbonyl (C=O) groups is 2. The van der Waals surface area contributed by atoms with Crippen LogP contribution in [-0.4, -0.2) is 118 Å². The third-order valence-corrected chi connectivity index (χ3v) is 10.3. The molecule has 376 valence electrons. The van der Waals surface area contributed by atoms with Gasteiger partial charge in [-0.25, -0.2) is 0 Å². The lowest BCUT2D eigenvalue weighted by molar-refractivity contribution is -0.870. The molecule has 0 saturated carbocycles. The summed E-state index contributed by atoms with van der Waals surface area (Å²) in [7, 11) is 0.174. The zero-order valence-corrected chi connectivity index (χ0v) is 35.9. The van der Waals surface area contributed by atoms with Gasteiger partial charge in [0.2, 0.25) is 0 Å². The number of phosphoric ester groups is 1. The Bertz CT molecular complexity index is 1430. The van der Waals surface area contributed by atoms with E-state index >= 15 is 0 Å². The van der Waals surface area contributed by atoms with Crippen molar-refractivity contribution in [1.29, 1.82) is 0 Å². The number of alkyl halides is 17. The number of rotatable bonds is 34. The molecule has 0 fully saturated rings. The van der Waals surface area contributed by atoms with Gasteiger partial charge in [-0.3, -0.25) is 14.2 Å². The number of ether oxygens (including phenoxy) is 2. The molecule has 0 aliphatic rings. The van der Waals surface area contributed by atoms with E-state index in [0.29, 0.717) is 17.3 Å². The summed E-state index contributed by atoms with van der Waals surface area (Å²) in [6, 6.07) is 0. The van der Waals surface area contributed by atoms with Crippen molar-refractivity contribution in [2.75, 3.05) is 47.5 Å². The quantitative estimate of drug-likeness (QED) is 0.0206. The van der Waals surface area contributed by atoms with E-state index < -0.39 is 119 Å². The summed E-state index contributed by atoms with van der Waals surface area (Å²) < 4.78 is 261. The van der Waals surface area contributed by atoms with E-state index in [2.05, 4.69) is 6.92 Å². The molecule has 0 radical (unpaired) electrons. The first-order valence-corrected chi connectivity index (χ1v) is 21.3. The SMILES string of the molecule is CCCCCCCCCCCCCC(=O)O[C@H](COC(=O)CCCCCC(F)(F)C(F)(F)C(F)(F)C(F)(F)C(F)(F)C(F)(F)C(F)(F)C(F)(F)F)COP(=O)([O-])OCC[N+](C)(C)C. The van der Waals surface area contributed by atoms with Gasteiger partial charge < -0.3 is 27.9 Å². The molecule has 0 aliphatic heterocycles. The second kappa shape index (κ2) is 24.5. The molecule has 0 N–H and O–H groups in total. The van der Waals surface area contributed by atoms with Gasteiger partial charge in [0.1, 0.15) is 19.8 Å². The summed E-state index contributed by atoms with van der Waals surface area (Å²) in [5.74, 6) is -59.0. The van der Waals surface area contributed by atoms with Crippen molar-refractivity contribution in [3.63, 3.8) is 0 Å². The smallest absolute Gasteiger partial charge is 0.460 e. The molecule has 0 bridgehead atoms. The average Bonchev–Trinajstić information content (AvgIpc) is 3.13. The number of esters is 2. The highest BCUT2D eigenvalue weighted by molar-refractivity contribution is 7.45. The zero-order valence-electron chi connectivity index (χ0n) is 35.0. The van der Waals surface area contributed by atoms with Gasteiger partial charge in [0.25, 0.3) is 7.82 Å². The minimum Gasteiger partial charge on any atom is -0.756 e. The molecule has 0 rings (SSSR count). The van der Waals surface area contributed by atoms with E-state index in [1.54, 1.807) is 21.1 Å². The van der Waals surface area contributed by atoms with Crippen molar-refractivity contribution in [2.45, 2.75) is 170 Å². The van der Waals surface area contributed by atoms with Crippen LogP contribution in [0.15, 0.2) is 0 Å². The van der Waals surface area contributed by atoms with E-state index in [4.69, 9.17) is 18.5 Å². The highest BCUT2D eigenvalue weighted by Gasteiger charge is 2.95. The molecule has 0 aromatic carbocycles. The zero-order chi connectivity index (χ0) is 49.4. The molecule has 1 unspecified atom stereocenters. The van der Waals surface area contributed by atoms with E-state index in [1.165, 1.54) is 12.8 Å². The van der Waals surface area contributed by atoms with Crippen LogP contribution in [0.4, 0.5) is 74.6 Å². The molecule has 0 aromatic heterocycles. The number of hydrogen-bond acceptors (Lipinski definition) is 8. The van der Waals surface area contributed by atoms with Crippen LogP contribution in [0.3, 0.4) is 0 Å². The normalized spacial score (nSPS) is 15.6. The number of quaternary nitrogens is 1. The van der Waals surface area contributed by atoms with Crippen LogP contribution in [-0.2, 0) is 32.7 Å². The number of unbranched alkanes of at least 4 members (excludes halogenated alkanes) is 12. The first-order valence-electron chi connectivity index (χ1n) is 19.9. The number of halogens is 17. The molecule has 0 aliphatic carbocycles. The first kappa shape index (κ1) is 60.8. The van der Waals surface area contributed by atoms with Crippen LogP contribution in [0, 0.1) is 0 Å². The molecule has 0 spiro atoms. The Labute approximate surface area is 353 Å². The number of nitrogens with zero attached hydrogens (tertiary/aromatic N) is 1. The number of carbonyl (C=O) groups excluding carboxylic acids is 2. The summed E-state index contributed by atoms with van der Waals surface area (Å²) in [6.45, 7) is 0.205. The highest BCUT2D eigenvalue weighted by Crippen LogP contribution is 2.64. The van der Waals surface area contributed by atoms with Gasteiger partial charge in [0, 0.05) is 19.3 Å².